The highest BCUT2D eigenvalue weighted by molar-refractivity contribution is 5.79. The summed E-state index contributed by atoms with van der Waals surface area (Å²) in [6, 6.07) is 10.0. The van der Waals surface area contributed by atoms with Crippen molar-refractivity contribution in [3.8, 4) is 0 Å². The number of benzene rings is 1. The molecule has 4 saturated carbocycles. The number of hydrogen-bond acceptors (Lipinski definition) is 5. The number of allylic oxidation sites excluding steroid dienone is 2. The van der Waals surface area contributed by atoms with Crippen molar-refractivity contribution in [2.24, 2.45) is 50.2 Å². The fourth-order valence-electron chi connectivity index (χ4n) is 12.2. The zero-order valence-electron chi connectivity index (χ0n) is 30.0. The van der Waals surface area contributed by atoms with E-state index < -0.39 is 17.4 Å². The lowest BCUT2D eigenvalue weighted by Gasteiger charge is -2.71. The molecule has 6 heteroatoms. The van der Waals surface area contributed by atoms with Crippen LogP contribution in [0.1, 0.15) is 131 Å². The predicted octanol–water partition coefficient (Wildman–Crippen LogP) is 9.31. The number of fused-ring (bicyclic) bond motifs is 7. The first kappa shape index (κ1) is 34.2. The molecule has 0 bridgehead atoms. The summed E-state index contributed by atoms with van der Waals surface area (Å²) < 4.78 is 12.2. The Labute approximate surface area is 282 Å². The van der Waals surface area contributed by atoms with Gasteiger partial charge in [0.1, 0.15) is 12.7 Å². The van der Waals surface area contributed by atoms with Crippen molar-refractivity contribution >= 4 is 17.9 Å². The predicted molar refractivity (Wildman–Crippen MR) is 182 cm³/mol. The van der Waals surface area contributed by atoms with Crippen LogP contribution in [0.4, 0.5) is 0 Å². The molecule has 0 radical (unpaired) electrons. The van der Waals surface area contributed by atoms with Gasteiger partial charge < -0.3 is 14.6 Å². The molecule has 5 aliphatic carbocycles. The number of ether oxygens (including phenoxy) is 2. The molecule has 0 aromatic heterocycles. The first-order valence-electron chi connectivity index (χ1n) is 18.3. The third-order valence-corrected chi connectivity index (χ3v) is 14.7. The summed E-state index contributed by atoms with van der Waals surface area (Å²) in [4.78, 5) is 38.1. The molecule has 4 fully saturated rings. The van der Waals surface area contributed by atoms with Crippen LogP contribution in [-0.2, 0) is 30.5 Å². The highest BCUT2D eigenvalue weighted by atomic mass is 16.5. The second-order valence-electron chi connectivity index (χ2n) is 18.3. The van der Waals surface area contributed by atoms with Gasteiger partial charge in [-0.2, -0.15) is 0 Å². The first-order valence-corrected chi connectivity index (χ1v) is 18.3. The van der Waals surface area contributed by atoms with E-state index >= 15 is 0 Å². The van der Waals surface area contributed by atoms with Crippen molar-refractivity contribution in [2.45, 2.75) is 138 Å². The molecule has 5 aliphatic rings. The number of carbonyl (C=O) groups is 3. The average molecular weight is 647 g/mol. The SMILES string of the molecule is CC1(C)CC[C@]2(C(=O)OCc3ccccc3)CC[C@]3(C)C(=CCC4[C@@]5(C)C[C@H](OC(=O)CCC(=O)O)CC(C)(C)C5CC[C@]43C)C2C1. The van der Waals surface area contributed by atoms with Crippen molar-refractivity contribution in [2.75, 3.05) is 0 Å². The normalized spacial score (nSPS) is 39.9. The van der Waals surface area contributed by atoms with E-state index in [2.05, 4.69) is 54.5 Å². The minimum Gasteiger partial charge on any atom is -0.481 e. The van der Waals surface area contributed by atoms with Crippen LogP contribution in [0.3, 0.4) is 0 Å². The Morgan fingerprint density at radius 1 is 0.830 bits per heavy atom. The first-order chi connectivity index (χ1) is 22.0. The summed E-state index contributed by atoms with van der Waals surface area (Å²) in [6.45, 7) is 17.3. The van der Waals surface area contributed by atoms with Crippen molar-refractivity contribution < 1.29 is 29.0 Å². The van der Waals surface area contributed by atoms with Crippen molar-refractivity contribution in [1.82, 2.24) is 0 Å². The number of carboxylic acids is 1. The Kier molecular flexibility index (Phi) is 8.57. The van der Waals surface area contributed by atoms with E-state index in [9.17, 15) is 14.4 Å². The third-order valence-electron chi connectivity index (χ3n) is 14.7. The number of rotatable bonds is 7. The van der Waals surface area contributed by atoms with E-state index in [-0.39, 0.29) is 57.9 Å². The van der Waals surface area contributed by atoms with E-state index in [1.165, 1.54) is 12.0 Å². The Morgan fingerprint density at radius 2 is 1.53 bits per heavy atom. The Morgan fingerprint density at radius 3 is 2.23 bits per heavy atom. The highest BCUT2D eigenvalue weighted by Gasteiger charge is 2.69. The molecule has 0 amide bonds. The van der Waals surface area contributed by atoms with Crippen molar-refractivity contribution in [1.29, 1.82) is 0 Å². The quantitative estimate of drug-likeness (QED) is 0.235. The molecule has 8 atom stereocenters. The van der Waals surface area contributed by atoms with Crippen LogP contribution in [-0.4, -0.2) is 29.1 Å². The molecule has 0 spiro atoms. The zero-order chi connectivity index (χ0) is 34.0. The maximum atomic E-state index is 14.3. The number of hydrogen-bond donors (Lipinski definition) is 1. The van der Waals surface area contributed by atoms with Crippen LogP contribution in [0.2, 0.25) is 0 Å². The van der Waals surface area contributed by atoms with Gasteiger partial charge in [0, 0.05) is 0 Å². The minimum absolute atomic E-state index is 0.00524. The largest absolute Gasteiger partial charge is 0.481 e. The fourth-order valence-corrected chi connectivity index (χ4v) is 12.2. The Bertz CT molecular complexity index is 1430. The van der Waals surface area contributed by atoms with Crippen molar-refractivity contribution in [3.63, 3.8) is 0 Å². The van der Waals surface area contributed by atoms with Gasteiger partial charge in [-0.1, -0.05) is 90.4 Å². The lowest BCUT2D eigenvalue weighted by molar-refractivity contribution is -0.208. The molecule has 258 valence electrons. The molecule has 6 nitrogen and oxygen atoms in total. The summed E-state index contributed by atoms with van der Waals surface area (Å²) in [5.74, 6) is -0.242. The van der Waals surface area contributed by atoms with Gasteiger partial charge in [-0.25, -0.2) is 0 Å². The molecule has 0 aliphatic heterocycles. The van der Waals surface area contributed by atoms with Crippen LogP contribution in [0, 0.1) is 50.2 Å². The lowest BCUT2D eigenvalue weighted by Crippen LogP contribution is -2.65. The van der Waals surface area contributed by atoms with Gasteiger partial charge >= 0.3 is 17.9 Å². The number of carboxylic acid groups (broad SMARTS) is 1. The van der Waals surface area contributed by atoms with E-state index in [0.717, 1.165) is 63.4 Å². The molecule has 6 rings (SSSR count). The van der Waals surface area contributed by atoms with E-state index in [0.29, 0.717) is 18.4 Å². The number of aliphatic carboxylic acids is 1. The zero-order valence-corrected chi connectivity index (χ0v) is 30.0. The molecule has 3 unspecified atom stereocenters. The molecular formula is C41H58O6. The highest BCUT2D eigenvalue weighted by Crippen LogP contribution is 2.76. The van der Waals surface area contributed by atoms with Gasteiger partial charge in [0.25, 0.3) is 0 Å². The van der Waals surface area contributed by atoms with Crippen LogP contribution >= 0.6 is 0 Å². The minimum atomic E-state index is -0.971. The van der Waals surface area contributed by atoms with Gasteiger partial charge in [-0.15, -0.1) is 0 Å². The summed E-state index contributed by atoms with van der Waals surface area (Å²) in [5.41, 5.74) is 2.25. The van der Waals surface area contributed by atoms with E-state index in [4.69, 9.17) is 14.6 Å². The van der Waals surface area contributed by atoms with Crippen LogP contribution in [0.15, 0.2) is 42.0 Å². The molecule has 0 heterocycles. The van der Waals surface area contributed by atoms with Crippen LogP contribution in [0.25, 0.3) is 0 Å². The second kappa shape index (κ2) is 11.8. The molecular weight excluding hydrogens is 588 g/mol. The number of esters is 2. The van der Waals surface area contributed by atoms with E-state index in [1.807, 2.05) is 30.3 Å². The van der Waals surface area contributed by atoms with Gasteiger partial charge in [0.2, 0.25) is 0 Å². The maximum absolute atomic E-state index is 14.3. The molecule has 1 aromatic rings. The van der Waals surface area contributed by atoms with Crippen molar-refractivity contribution in [3.05, 3.63) is 47.5 Å². The average Bonchev–Trinajstić information content (AvgIpc) is 2.98. The molecule has 1 aromatic carbocycles. The molecule has 0 saturated heterocycles. The number of carbonyl (C=O) groups excluding carboxylic acids is 2. The van der Waals surface area contributed by atoms with Gasteiger partial charge in [0.15, 0.2) is 0 Å². The smallest absolute Gasteiger partial charge is 0.313 e. The summed E-state index contributed by atoms with van der Waals surface area (Å²) >= 11 is 0. The molecule has 1 N–H and O–H groups in total. The maximum Gasteiger partial charge on any atom is 0.313 e. The lowest BCUT2D eigenvalue weighted by atomic mass is 9.33. The third kappa shape index (κ3) is 5.67. The topological polar surface area (TPSA) is 89.9 Å². The monoisotopic (exact) mass is 646 g/mol. The van der Waals surface area contributed by atoms with Gasteiger partial charge in [-0.3, -0.25) is 14.4 Å². The van der Waals surface area contributed by atoms with Gasteiger partial charge in [0.05, 0.1) is 18.3 Å². The Balaban J connectivity index is 1.32. The molecule has 47 heavy (non-hydrogen) atoms. The summed E-state index contributed by atoms with van der Waals surface area (Å²) in [5, 5.41) is 9.11. The summed E-state index contributed by atoms with van der Waals surface area (Å²) in [7, 11) is 0. The Hall–Kier alpha value is -2.63. The van der Waals surface area contributed by atoms with Crippen LogP contribution in [0.5, 0.6) is 0 Å². The second-order valence-corrected chi connectivity index (χ2v) is 18.3. The van der Waals surface area contributed by atoms with Gasteiger partial charge in [-0.05, 0) is 115 Å². The summed E-state index contributed by atoms with van der Waals surface area (Å²) in [6.07, 6.45) is 11.8. The van der Waals surface area contributed by atoms with Crippen LogP contribution < -0.4 is 0 Å². The fraction of sp³-hybridized carbons (Fsp3) is 0.732. The van der Waals surface area contributed by atoms with E-state index in [1.54, 1.807) is 0 Å². The standard InChI is InChI=1S/C41H58O6/c1-36(2)19-21-41(35(45)46-26-27-11-9-8-10-12-27)22-20-39(6)29(30(41)25-36)13-14-32-38(5)24-28(47-34(44)16-15-33(42)43)23-37(3,4)31(38)17-18-40(32,39)7/h8-13,28,30-32H,14-26H2,1-7H3,(H,42,43)/t28-,30?,31?,32?,38+,39-,40-,41+/m1/s1.